The first-order valence-electron chi connectivity index (χ1n) is 6.54. The van der Waals surface area contributed by atoms with Crippen LogP contribution in [0.2, 0.25) is 5.02 Å². The van der Waals surface area contributed by atoms with Crippen LogP contribution < -0.4 is 14.8 Å². The first-order chi connectivity index (χ1) is 8.72. The Bertz CT molecular complexity index is 409. The lowest BCUT2D eigenvalue weighted by Crippen LogP contribution is -2.19. The third-order valence-electron chi connectivity index (χ3n) is 3.03. The molecule has 0 amide bonds. The summed E-state index contributed by atoms with van der Waals surface area (Å²) in [4.78, 5) is 0. The molecule has 4 heteroatoms. The number of nitrogens with one attached hydrogen (secondary N) is 1. The Hall–Kier alpha value is -0.930. The molecule has 0 saturated carbocycles. The predicted octanol–water partition coefficient (Wildman–Crippen LogP) is 3.56. The first-order valence-corrected chi connectivity index (χ1v) is 6.92. The van der Waals surface area contributed by atoms with Crippen molar-refractivity contribution >= 4 is 11.6 Å². The monoisotopic (exact) mass is 269 g/mol. The van der Waals surface area contributed by atoms with Crippen LogP contribution in [0.1, 0.15) is 38.3 Å². The molecule has 2 rings (SSSR count). The maximum absolute atomic E-state index is 6.31. The molecule has 0 fully saturated rings. The number of hydrogen-bond acceptors (Lipinski definition) is 3. The van der Waals surface area contributed by atoms with Gasteiger partial charge in [-0.3, -0.25) is 0 Å². The van der Waals surface area contributed by atoms with E-state index < -0.39 is 0 Å². The molecule has 1 heterocycles. The van der Waals surface area contributed by atoms with Crippen LogP contribution in [0.3, 0.4) is 0 Å². The Morgan fingerprint density at radius 3 is 2.61 bits per heavy atom. The molecule has 3 nitrogen and oxygen atoms in total. The second-order valence-electron chi connectivity index (χ2n) is 4.55. The van der Waals surface area contributed by atoms with Crippen molar-refractivity contribution in [3.63, 3.8) is 0 Å². The topological polar surface area (TPSA) is 30.5 Å². The molecular formula is C14H20ClNO2. The summed E-state index contributed by atoms with van der Waals surface area (Å²) in [7, 11) is 0. The lowest BCUT2D eigenvalue weighted by atomic mass is 10.1. The van der Waals surface area contributed by atoms with E-state index in [1.807, 2.05) is 12.1 Å². The molecule has 1 aromatic rings. The summed E-state index contributed by atoms with van der Waals surface area (Å²) >= 11 is 6.31. The fourth-order valence-corrected chi connectivity index (χ4v) is 2.32. The van der Waals surface area contributed by atoms with Crippen molar-refractivity contribution in [1.29, 1.82) is 0 Å². The zero-order chi connectivity index (χ0) is 13.0. The quantitative estimate of drug-likeness (QED) is 0.907. The summed E-state index contributed by atoms with van der Waals surface area (Å²) in [6.45, 7) is 6.62. The van der Waals surface area contributed by atoms with Crippen molar-refractivity contribution in [2.45, 2.75) is 32.7 Å². The fourth-order valence-electron chi connectivity index (χ4n) is 2.00. The normalized spacial score (nSPS) is 16.2. The number of fused-ring (bicyclic) bond motifs is 1. The van der Waals surface area contributed by atoms with Gasteiger partial charge in [0.15, 0.2) is 11.5 Å². The molecule has 0 spiro atoms. The molecule has 1 aromatic carbocycles. The molecule has 0 aliphatic carbocycles. The lowest BCUT2D eigenvalue weighted by molar-refractivity contribution is 0.297. The largest absolute Gasteiger partial charge is 0.490 e. The zero-order valence-corrected chi connectivity index (χ0v) is 11.7. The van der Waals surface area contributed by atoms with E-state index in [9.17, 15) is 0 Å². The summed E-state index contributed by atoms with van der Waals surface area (Å²) in [6, 6.07) is 4.08. The average molecular weight is 270 g/mol. The third kappa shape index (κ3) is 3.09. The maximum atomic E-state index is 6.31. The molecule has 1 aliphatic heterocycles. The highest BCUT2D eigenvalue weighted by Crippen LogP contribution is 2.37. The van der Waals surface area contributed by atoms with Gasteiger partial charge in [0.1, 0.15) is 0 Å². The Balaban J connectivity index is 2.23. The maximum Gasteiger partial charge on any atom is 0.162 e. The van der Waals surface area contributed by atoms with Gasteiger partial charge in [0.05, 0.1) is 13.2 Å². The molecule has 100 valence electrons. The Morgan fingerprint density at radius 1 is 1.28 bits per heavy atom. The highest BCUT2D eigenvalue weighted by molar-refractivity contribution is 6.31. The lowest BCUT2D eigenvalue weighted by Gasteiger charge is -2.17. The predicted molar refractivity (Wildman–Crippen MR) is 73.8 cm³/mol. The molecule has 1 aliphatic rings. The van der Waals surface area contributed by atoms with Gasteiger partial charge in [0.2, 0.25) is 0 Å². The number of rotatable bonds is 4. The summed E-state index contributed by atoms with van der Waals surface area (Å²) in [5, 5.41) is 4.16. The Morgan fingerprint density at radius 2 is 1.94 bits per heavy atom. The van der Waals surface area contributed by atoms with Crippen LogP contribution in [-0.2, 0) is 0 Å². The van der Waals surface area contributed by atoms with Gasteiger partial charge in [-0.15, -0.1) is 0 Å². The smallest absolute Gasteiger partial charge is 0.162 e. The molecule has 0 bridgehead atoms. The Labute approximate surface area is 113 Å². The minimum atomic E-state index is 0.217. The van der Waals surface area contributed by atoms with Crippen LogP contribution in [0.5, 0.6) is 11.5 Å². The van der Waals surface area contributed by atoms with Gasteiger partial charge >= 0.3 is 0 Å². The molecule has 18 heavy (non-hydrogen) atoms. The average Bonchev–Trinajstić information content (AvgIpc) is 2.59. The van der Waals surface area contributed by atoms with Crippen molar-refractivity contribution in [2.75, 3.05) is 19.8 Å². The van der Waals surface area contributed by atoms with Gasteiger partial charge in [-0.1, -0.05) is 18.5 Å². The molecule has 0 saturated heterocycles. The molecular weight excluding hydrogens is 250 g/mol. The molecule has 1 unspecified atom stereocenters. The van der Waals surface area contributed by atoms with Crippen molar-refractivity contribution in [2.24, 2.45) is 0 Å². The zero-order valence-electron chi connectivity index (χ0n) is 11.0. The van der Waals surface area contributed by atoms with E-state index in [4.69, 9.17) is 21.1 Å². The van der Waals surface area contributed by atoms with Gasteiger partial charge in [-0.05, 0) is 31.5 Å². The van der Waals surface area contributed by atoms with Crippen LogP contribution >= 0.6 is 11.6 Å². The third-order valence-corrected chi connectivity index (χ3v) is 3.36. The minimum Gasteiger partial charge on any atom is -0.490 e. The van der Waals surface area contributed by atoms with Gasteiger partial charge in [-0.2, -0.15) is 0 Å². The number of hydrogen-bond donors (Lipinski definition) is 1. The summed E-state index contributed by atoms with van der Waals surface area (Å²) in [5.74, 6) is 1.56. The highest BCUT2D eigenvalue weighted by Gasteiger charge is 2.17. The minimum absolute atomic E-state index is 0.217. The standard InChI is InChI=1S/C14H20ClNO2/c1-3-5-16-10(2)11-8-13-14(9-12(11)15)18-7-4-6-17-13/h8-10,16H,3-7H2,1-2H3. The van der Waals surface area contributed by atoms with Crippen LogP contribution in [-0.4, -0.2) is 19.8 Å². The van der Waals surface area contributed by atoms with E-state index in [0.717, 1.165) is 41.5 Å². The van der Waals surface area contributed by atoms with Crippen LogP contribution in [0, 0.1) is 0 Å². The van der Waals surface area contributed by atoms with E-state index in [-0.39, 0.29) is 6.04 Å². The molecule has 1 N–H and O–H groups in total. The van der Waals surface area contributed by atoms with Crippen molar-refractivity contribution < 1.29 is 9.47 Å². The van der Waals surface area contributed by atoms with Crippen molar-refractivity contribution in [3.05, 3.63) is 22.7 Å². The van der Waals surface area contributed by atoms with Gasteiger partial charge < -0.3 is 14.8 Å². The van der Waals surface area contributed by atoms with Crippen LogP contribution in [0.25, 0.3) is 0 Å². The van der Waals surface area contributed by atoms with Gasteiger partial charge in [0.25, 0.3) is 0 Å². The SMILES string of the molecule is CCCNC(C)c1cc2c(cc1Cl)OCCCO2. The van der Waals surface area contributed by atoms with Gasteiger partial charge in [0, 0.05) is 23.6 Å². The molecule has 0 aromatic heterocycles. The van der Waals surface area contributed by atoms with Crippen LogP contribution in [0.4, 0.5) is 0 Å². The number of benzene rings is 1. The fraction of sp³-hybridized carbons (Fsp3) is 0.571. The summed E-state index contributed by atoms with van der Waals surface area (Å²) < 4.78 is 11.3. The van der Waals surface area contributed by atoms with Gasteiger partial charge in [-0.25, -0.2) is 0 Å². The summed E-state index contributed by atoms with van der Waals surface area (Å²) in [5.41, 5.74) is 1.06. The van der Waals surface area contributed by atoms with E-state index in [0.29, 0.717) is 13.2 Å². The van der Waals surface area contributed by atoms with E-state index in [1.165, 1.54) is 0 Å². The second kappa shape index (κ2) is 6.30. The first kappa shape index (κ1) is 13.5. The molecule has 0 radical (unpaired) electrons. The molecule has 1 atom stereocenters. The Kier molecular flexibility index (Phi) is 4.72. The number of halogens is 1. The van der Waals surface area contributed by atoms with Crippen LogP contribution in [0.15, 0.2) is 12.1 Å². The number of ether oxygens (including phenoxy) is 2. The van der Waals surface area contributed by atoms with E-state index >= 15 is 0 Å². The van der Waals surface area contributed by atoms with Crippen molar-refractivity contribution in [1.82, 2.24) is 5.32 Å². The van der Waals surface area contributed by atoms with Crippen molar-refractivity contribution in [3.8, 4) is 11.5 Å². The van der Waals surface area contributed by atoms with E-state index in [2.05, 4.69) is 19.2 Å². The second-order valence-corrected chi connectivity index (χ2v) is 4.95. The highest BCUT2D eigenvalue weighted by atomic mass is 35.5. The van der Waals surface area contributed by atoms with E-state index in [1.54, 1.807) is 0 Å². The summed E-state index contributed by atoms with van der Waals surface area (Å²) in [6.07, 6.45) is 2.01.